The molecule has 0 atom stereocenters. The number of piperazine rings is 1. The van der Waals surface area contributed by atoms with Crippen molar-refractivity contribution in [3.8, 4) is 0 Å². The molecule has 1 fully saturated rings. The molecule has 5 heteroatoms. The highest BCUT2D eigenvalue weighted by molar-refractivity contribution is 6.30. The largest absolute Gasteiger partial charge is 0.392 e. The lowest BCUT2D eigenvalue weighted by Gasteiger charge is -2.37. The monoisotopic (exact) mass is 297 g/mol. The number of aliphatic hydroxyl groups excluding tert-OH is 1. The zero-order chi connectivity index (χ0) is 14.5. The highest BCUT2D eigenvalue weighted by atomic mass is 35.5. The van der Waals surface area contributed by atoms with Crippen molar-refractivity contribution in [2.75, 3.05) is 58.3 Å². The van der Waals surface area contributed by atoms with Crippen LogP contribution in [-0.4, -0.2) is 68.3 Å². The number of benzene rings is 1. The molecular weight excluding hydrogens is 274 g/mol. The predicted molar refractivity (Wildman–Crippen MR) is 84.6 cm³/mol. The summed E-state index contributed by atoms with van der Waals surface area (Å²) in [5.74, 6) is 0. The van der Waals surface area contributed by atoms with E-state index in [4.69, 9.17) is 11.6 Å². The van der Waals surface area contributed by atoms with E-state index in [1.807, 2.05) is 18.2 Å². The number of nitrogens with zero attached hydrogens (tertiary/aromatic N) is 3. The minimum atomic E-state index is 0.0628. The van der Waals surface area contributed by atoms with Crippen molar-refractivity contribution < 1.29 is 5.11 Å². The summed E-state index contributed by atoms with van der Waals surface area (Å²) in [6.45, 7) is 6.37. The molecule has 112 valence electrons. The van der Waals surface area contributed by atoms with Crippen molar-refractivity contribution in [2.45, 2.75) is 6.61 Å². The molecule has 1 aliphatic rings. The van der Waals surface area contributed by atoms with E-state index in [0.29, 0.717) is 0 Å². The topological polar surface area (TPSA) is 30.0 Å². The lowest BCUT2D eigenvalue weighted by atomic mass is 10.1. The molecule has 1 aliphatic heterocycles. The van der Waals surface area contributed by atoms with Gasteiger partial charge in [-0.2, -0.15) is 0 Å². The molecule has 1 N–H and O–H groups in total. The van der Waals surface area contributed by atoms with Crippen LogP contribution < -0.4 is 4.90 Å². The summed E-state index contributed by atoms with van der Waals surface area (Å²) in [6, 6.07) is 5.71. The van der Waals surface area contributed by atoms with Gasteiger partial charge in [0.2, 0.25) is 0 Å². The summed E-state index contributed by atoms with van der Waals surface area (Å²) >= 11 is 6.08. The summed E-state index contributed by atoms with van der Waals surface area (Å²) < 4.78 is 0. The highest BCUT2D eigenvalue weighted by Gasteiger charge is 2.19. The van der Waals surface area contributed by atoms with E-state index in [1.54, 1.807) is 0 Å². The van der Waals surface area contributed by atoms with Crippen LogP contribution in [0, 0.1) is 0 Å². The molecule has 0 amide bonds. The zero-order valence-corrected chi connectivity index (χ0v) is 13.1. The number of aliphatic hydroxyl groups is 1. The minimum Gasteiger partial charge on any atom is -0.392 e. The van der Waals surface area contributed by atoms with Gasteiger partial charge in [0, 0.05) is 55.5 Å². The van der Waals surface area contributed by atoms with Gasteiger partial charge in [-0.15, -0.1) is 0 Å². The zero-order valence-electron chi connectivity index (χ0n) is 12.3. The lowest BCUT2D eigenvalue weighted by Crippen LogP contribution is -2.48. The molecule has 1 aromatic rings. The molecule has 0 aliphatic carbocycles. The van der Waals surface area contributed by atoms with Crippen molar-refractivity contribution in [3.05, 3.63) is 28.8 Å². The van der Waals surface area contributed by atoms with Gasteiger partial charge in [-0.1, -0.05) is 17.7 Å². The van der Waals surface area contributed by atoms with Crippen LogP contribution in [0.1, 0.15) is 5.56 Å². The van der Waals surface area contributed by atoms with Crippen molar-refractivity contribution in [1.82, 2.24) is 9.80 Å². The van der Waals surface area contributed by atoms with Gasteiger partial charge in [-0.05, 0) is 26.2 Å². The van der Waals surface area contributed by atoms with E-state index in [-0.39, 0.29) is 6.61 Å². The molecule has 1 heterocycles. The van der Waals surface area contributed by atoms with Crippen molar-refractivity contribution >= 4 is 17.3 Å². The van der Waals surface area contributed by atoms with E-state index in [1.165, 1.54) is 0 Å². The van der Waals surface area contributed by atoms with Gasteiger partial charge in [0.15, 0.2) is 0 Å². The lowest BCUT2D eigenvalue weighted by molar-refractivity contribution is 0.229. The fraction of sp³-hybridized carbons (Fsp3) is 0.600. The van der Waals surface area contributed by atoms with Crippen molar-refractivity contribution in [3.63, 3.8) is 0 Å². The maximum atomic E-state index is 9.45. The normalized spacial score (nSPS) is 16.9. The second kappa shape index (κ2) is 7.27. The molecule has 0 saturated carbocycles. The van der Waals surface area contributed by atoms with Gasteiger partial charge in [0.1, 0.15) is 0 Å². The Balaban J connectivity index is 1.95. The molecule has 0 unspecified atom stereocenters. The van der Waals surface area contributed by atoms with E-state index in [2.05, 4.69) is 28.8 Å². The van der Waals surface area contributed by atoms with Gasteiger partial charge < -0.3 is 14.9 Å². The maximum absolute atomic E-state index is 9.45. The molecule has 2 rings (SSSR count). The third-order valence-electron chi connectivity index (χ3n) is 3.79. The quantitative estimate of drug-likeness (QED) is 0.892. The summed E-state index contributed by atoms with van der Waals surface area (Å²) in [4.78, 5) is 7.02. The Morgan fingerprint density at radius 1 is 1.20 bits per heavy atom. The summed E-state index contributed by atoms with van der Waals surface area (Å²) in [6.07, 6.45) is 0. The van der Waals surface area contributed by atoms with Gasteiger partial charge >= 0.3 is 0 Å². The van der Waals surface area contributed by atoms with Crippen LogP contribution in [0.4, 0.5) is 5.69 Å². The number of hydrogen-bond donors (Lipinski definition) is 1. The third kappa shape index (κ3) is 4.09. The maximum Gasteiger partial charge on any atom is 0.0702 e. The number of likely N-dealkylation sites (N-methyl/N-ethyl adjacent to an activating group) is 1. The number of anilines is 1. The molecule has 20 heavy (non-hydrogen) atoms. The van der Waals surface area contributed by atoms with E-state index in [9.17, 15) is 5.11 Å². The summed E-state index contributed by atoms with van der Waals surface area (Å²) in [7, 11) is 4.21. The first-order valence-electron chi connectivity index (χ1n) is 7.11. The number of halogens is 1. The Hall–Kier alpha value is -0.810. The second-order valence-electron chi connectivity index (χ2n) is 5.56. The SMILES string of the molecule is CN(C)CCN1CCN(c2cc(Cl)ccc2CO)CC1. The van der Waals surface area contributed by atoms with Crippen LogP contribution in [0.25, 0.3) is 0 Å². The molecule has 4 nitrogen and oxygen atoms in total. The number of rotatable bonds is 5. The molecule has 0 spiro atoms. The Bertz CT molecular complexity index is 431. The average Bonchev–Trinajstić information content (AvgIpc) is 2.45. The van der Waals surface area contributed by atoms with Gasteiger partial charge in [0.05, 0.1) is 6.61 Å². The Morgan fingerprint density at radius 3 is 2.50 bits per heavy atom. The van der Waals surface area contributed by atoms with Crippen LogP contribution in [0.5, 0.6) is 0 Å². The van der Waals surface area contributed by atoms with Gasteiger partial charge in [-0.3, -0.25) is 4.90 Å². The van der Waals surface area contributed by atoms with E-state index >= 15 is 0 Å². The Morgan fingerprint density at radius 2 is 1.90 bits per heavy atom. The molecule has 1 saturated heterocycles. The van der Waals surface area contributed by atoms with Crippen LogP contribution >= 0.6 is 11.6 Å². The minimum absolute atomic E-state index is 0.0628. The third-order valence-corrected chi connectivity index (χ3v) is 4.03. The molecular formula is C15H24ClN3O. The Kier molecular flexibility index (Phi) is 5.66. The summed E-state index contributed by atoms with van der Waals surface area (Å²) in [5.41, 5.74) is 2.03. The van der Waals surface area contributed by atoms with Crippen LogP contribution in [0.2, 0.25) is 5.02 Å². The average molecular weight is 298 g/mol. The first-order valence-corrected chi connectivity index (χ1v) is 7.49. The van der Waals surface area contributed by atoms with Crippen molar-refractivity contribution in [1.29, 1.82) is 0 Å². The number of hydrogen-bond acceptors (Lipinski definition) is 4. The molecule has 1 aromatic carbocycles. The van der Waals surface area contributed by atoms with Gasteiger partial charge in [0.25, 0.3) is 0 Å². The predicted octanol–water partition coefficient (Wildman–Crippen LogP) is 1.52. The van der Waals surface area contributed by atoms with Crippen LogP contribution in [-0.2, 0) is 6.61 Å². The second-order valence-corrected chi connectivity index (χ2v) is 6.00. The molecule has 0 bridgehead atoms. The first-order chi connectivity index (χ1) is 9.60. The van der Waals surface area contributed by atoms with Gasteiger partial charge in [-0.25, -0.2) is 0 Å². The van der Waals surface area contributed by atoms with E-state index < -0.39 is 0 Å². The fourth-order valence-corrected chi connectivity index (χ4v) is 2.69. The standard InChI is InChI=1S/C15H24ClN3O/c1-17(2)5-6-18-7-9-19(10-8-18)15-11-14(16)4-3-13(15)12-20/h3-4,11,20H,5-10,12H2,1-2H3. The smallest absolute Gasteiger partial charge is 0.0702 e. The molecule has 0 aromatic heterocycles. The van der Waals surface area contributed by atoms with Crippen LogP contribution in [0.3, 0.4) is 0 Å². The summed E-state index contributed by atoms with van der Waals surface area (Å²) in [5, 5.41) is 10.2. The fourth-order valence-electron chi connectivity index (χ4n) is 2.52. The highest BCUT2D eigenvalue weighted by Crippen LogP contribution is 2.26. The Labute approximate surface area is 126 Å². The van der Waals surface area contributed by atoms with Crippen LogP contribution in [0.15, 0.2) is 18.2 Å². The van der Waals surface area contributed by atoms with Crippen molar-refractivity contribution in [2.24, 2.45) is 0 Å². The molecule has 0 radical (unpaired) electrons. The first kappa shape index (κ1) is 15.6. The van der Waals surface area contributed by atoms with E-state index in [0.717, 1.165) is 55.5 Å².